The van der Waals surface area contributed by atoms with Gasteiger partial charge in [-0.25, -0.2) is 15.0 Å². The molecular formula is C20H16N4O. The molecule has 0 fully saturated rings. The van der Waals surface area contributed by atoms with Gasteiger partial charge in [-0.05, 0) is 17.7 Å². The summed E-state index contributed by atoms with van der Waals surface area (Å²) in [5.41, 5.74) is 11.6. The number of anilines is 1. The van der Waals surface area contributed by atoms with Crippen LogP contribution >= 0.6 is 0 Å². The Balaban J connectivity index is 1.90. The molecule has 2 aromatic carbocycles. The number of aliphatic hydroxyl groups excluding tert-OH is 1. The molecule has 0 unspecified atom stereocenters. The van der Waals surface area contributed by atoms with Gasteiger partial charge in [0.05, 0.1) is 17.8 Å². The predicted molar refractivity (Wildman–Crippen MR) is 98.5 cm³/mol. The molecule has 122 valence electrons. The Bertz CT molecular complexity index is 1030. The highest BCUT2D eigenvalue weighted by atomic mass is 16.3. The summed E-state index contributed by atoms with van der Waals surface area (Å²) in [6, 6.07) is 21.3. The molecule has 0 radical (unpaired) electrons. The van der Waals surface area contributed by atoms with Gasteiger partial charge in [-0.3, -0.25) is 0 Å². The quantitative estimate of drug-likeness (QED) is 0.602. The number of nitrogen functional groups attached to an aromatic ring is 1. The van der Waals surface area contributed by atoms with Gasteiger partial charge in [-0.2, -0.15) is 0 Å². The van der Waals surface area contributed by atoms with Gasteiger partial charge in [0.25, 0.3) is 0 Å². The summed E-state index contributed by atoms with van der Waals surface area (Å²) >= 11 is 0. The Labute approximate surface area is 144 Å². The first kappa shape index (κ1) is 15.2. The number of fused-ring (bicyclic) bond motifs is 1. The summed E-state index contributed by atoms with van der Waals surface area (Å²) in [6.07, 6.45) is 0. The van der Waals surface area contributed by atoms with E-state index in [9.17, 15) is 5.11 Å². The van der Waals surface area contributed by atoms with Crippen molar-refractivity contribution < 1.29 is 5.11 Å². The van der Waals surface area contributed by atoms with E-state index in [0.717, 1.165) is 28.1 Å². The van der Waals surface area contributed by atoms with Crippen molar-refractivity contribution >= 4 is 17.0 Å². The van der Waals surface area contributed by atoms with Crippen molar-refractivity contribution in [3.8, 4) is 22.5 Å². The molecule has 2 heterocycles. The summed E-state index contributed by atoms with van der Waals surface area (Å²) in [4.78, 5) is 13.5. The summed E-state index contributed by atoms with van der Waals surface area (Å²) in [7, 11) is 0. The number of nitrogens with zero attached hydrogens (tertiary/aromatic N) is 3. The van der Waals surface area contributed by atoms with Gasteiger partial charge >= 0.3 is 0 Å². The van der Waals surface area contributed by atoms with E-state index >= 15 is 0 Å². The highest BCUT2D eigenvalue weighted by Gasteiger charge is 2.11. The van der Waals surface area contributed by atoms with Gasteiger partial charge < -0.3 is 10.8 Å². The number of nitrogens with two attached hydrogens (primary N) is 1. The average Bonchev–Trinajstić information content (AvgIpc) is 2.68. The fourth-order valence-electron chi connectivity index (χ4n) is 2.77. The van der Waals surface area contributed by atoms with Crippen molar-refractivity contribution in [2.45, 2.75) is 6.61 Å². The van der Waals surface area contributed by atoms with Gasteiger partial charge in [0.15, 0.2) is 0 Å². The van der Waals surface area contributed by atoms with Crippen LogP contribution in [0, 0.1) is 0 Å². The van der Waals surface area contributed by atoms with E-state index in [0.29, 0.717) is 11.0 Å². The summed E-state index contributed by atoms with van der Waals surface area (Å²) < 4.78 is 0. The van der Waals surface area contributed by atoms with Crippen LogP contribution in [0.1, 0.15) is 5.56 Å². The van der Waals surface area contributed by atoms with Crippen molar-refractivity contribution in [1.29, 1.82) is 0 Å². The highest BCUT2D eigenvalue weighted by molar-refractivity contribution is 5.91. The number of benzene rings is 2. The second-order valence-corrected chi connectivity index (χ2v) is 5.72. The van der Waals surface area contributed by atoms with Crippen molar-refractivity contribution in [1.82, 2.24) is 15.0 Å². The Hall–Kier alpha value is -3.31. The Morgan fingerprint density at radius 3 is 2.24 bits per heavy atom. The third-order valence-corrected chi connectivity index (χ3v) is 4.04. The second-order valence-electron chi connectivity index (χ2n) is 5.72. The monoisotopic (exact) mass is 328 g/mol. The molecule has 3 N–H and O–H groups in total. The van der Waals surface area contributed by atoms with Crippen molar-refractivity contribution in [2.75, 3.05) is 5.73 Å². The summed E-state index contributed by atoms with van der Waals surface area (Å²) in [6.45, 7) is 0.0245. The zero-order valence-corrected chi connectivity index (χ0v) is 13.4. The van der Waals surface area contributed by atoms with E-state index < -0.39 is 0 Å². The SMILES string of the molecule is Nc1nc(-c2ccccc2)c2nc(-c3ccc(CO)cc3)ccc2n1. The highest BCUT2D eigenvalue weighted by Crippen LogP contribution is 2.28. The van der Waals surface area contributed by atoms with Crippen LogP contribution in [-0.4, -0.2) is 20.1 Å². The van der Waals surface area contributed by atoms with Crippen molar-refractivity contribution in [2.24, 2.45) is 0 Å². The second kappa shape index (κ2) is 6.30. The maximum Gasteiger partial charge on any atom is 0.221 e. The van der Waals surface area contributed by atoms with Crippen molar-refractivity contribution in [3.05, 3.63) is 72.3 Å². The normalized spacial score (nSPS) is 10.9. The number of rotatable bonds is 3. The molecular weight excluding hydrogens is 312 g/mol. The third-order valence-electron chi connectivity index (χ3n) is 4.04. The van der Waals surface area contributed by atoms with E-state index in [2.05, 4.69) is 9.97 Å². The van der Waals surface area contributed by atoms with Gasteiger partial charge in [-0.1, -0.05) is 54.6 Å². The first-order valence-corrected chi connectivity index (χ1v) is 7.94. The van der Waals surface area contributed by atoms with Crippen LogP contribution in [0.3, 0.4) is 0 Å². The zero-order valence-electron chi connectivity index (χ0n) is 13.4. The molecule has 0 aliphatic carbocycles. The summed E-state index contributed by atoms with van der Waals surface area (Å²) in [5, 5.41) is 9.18. The molecule has 0 aliphatic heterocycles. The topological polar surface area (TPSA) is 84.9 Å². The molecule has 0 spiro atoms. The molecule has 0 bridgehead atoms. The largest absolute Gasteiger partial charge is 0.392 e. The Morgan fingerprint density at radius 2 is 1.52 bits per heavy atom. The number of hydrogen-bond donors (Lipinski definition) is 2. The molecule has 0 atom stereocenters. The molecule has 25 heavy (non-hydrogen) atoms. The maximum absolute atomic E-state index is 9.18. The molecule has 0 saturated heterocycles. The molecule has 5 nitrogen and oxygen atoms in total. The van der Waals surface area contributed by atoms with Gasteiger partial charge in [0.1, 0.15) is 11.2 Å². The van der Waals surface area contributed by atoms with Crippen LogP contribution in [0.5, 0.6) is 0 Å². The van der Waals surface area contributed by atoms with Crippen LogP contribution in [-0.2, 0) is 6.61 Å². The zero-order chi connectivity index (χ0) is 17.2. The minimum atomic E-state index is 0.0245. The Morgan fingerprint density at radius 1 is 0.760 bits per heavy atom. The maximum atomic E-state index is 9.18. The van der Waals surface area contributed by atoms with E-state index in [4.69, 9.17) is 10.7 Å². The van der Waals surface area contributed by atoms with Crippen LogP contribution in [0.25, 0.3) is 33.5 Å². The number of aromatic nitrogens is 3. The fraction of sp³-hybridized carbons (Fsp3) is 0.0500. The first-order valence-electron chi connectivity index (χ1n) is 7.94. The van der Waals surface area contributed by atoms with Gasteiger partial charge in [-0.15, -0.1) is 0 Å². The minimum absolute atomic E-state index is 0.0245. The number of pyridine rings is 1. The average molecular weight is 328 g/mol. The van der Waals surface area contributed by atoms with E-state index in [1.54, 1.807) is 0 Å². The van der Waals surface area contributed by atoms with Gasteiger partial charge in [0.2, 0.25) is 5.95 Å². The van der Waals surface area contributed by atoms with Crippen molar-refractivity contribution in [3.63, 3.8) is 0 Å². The lowest BCUT2D eigenvalue weighted by Crippen LogP contribution is -2.00. The standard InChI is InChI=1S/C20H16N4O/c21-20-23-17-11-10-16(14-8-6-13(12-25)7-9-14)22-19(17)18(24-20)15-4-2-1-3-5-15/h1-11,25H,12H2,(H2,21,23,24). The lowest BCUT2D eigenvalue weighted by Gasteiger charge is -2.08. The van der Waals surface area contributed by atoms with Gasteiger partial charge in [0, 0.05) is 11.1 Å². The first-order chi connectivity index (χ1) is 12.2. The lowest BCUT2D eigenvalue weighted by molar-refractivity contribution is 0.282. The van der Waals surface area contributed by atoms with E-state index in [1.807, 2.05) is 66.7 Å². The molecule has 4 aromatic rings. The molecule has 4 rings (SSSR count). The summed E-state index contributed by atoms with van der Waals surface area (Å²) in [5.74, 6) is 0.230. The van der Waals surface area contributed by atoms with E-state index in [1.165, 1.54) is 0 Å². The lowest BCUT2D eigenvalue weighted by atomic mass is 10.1. The van der Waals surface area contributed by atoms with E-state index in [-0.39, 0.29) is 12.6 Å². The van der Waals surface area contributed by atoms with Crippen LogP contribution in [0.15, 0.2) is 66.7 Å². The molecule has 5 heteroatoms. The smallest absolute Gasteiger partial charge is 0.221 e. The van der Waals surface area contributed by atoms with Crippen LogP contribution in [0.4, 0.5) is 5.95 Å². The number of hydrogen-bond acceptors (Lipinski definition) is 5. The van der Waals surface area contributed by atoms with Crippen LogP contribution < -0.4 is 5.73 Å². The minimum Gasteiger partial charge on any atom is -0.392 e. The molecule has 0 amide bonds. The predicted octanol–water partition coefficient (Wildman–Crippen LogP) is 3.43. The van der Waals surface area contributed by atoms with Crippen LogP contribution in [0.2, 0.25) is 0 Å². The molecule has 0 saturated carbocycles. The molecule has 0 aliphatic rings. The molecule has 2 aromatic heterocycles. The fourth-order valence-corrected chi connectivity index (χ4v) is 2.77. The third kappa shape index (κ3) is 2.93. The number of aliphatic hydroxyl groups is 1. The Kier molecular flexibility index (Phi) is 3.84.